The van der Waals surface area contributed by atoms with E-state index in [0.29, 0.717) is 0 Å². The van der Waals surface area contributed by atoms with E-state index >= 15 is 0 Å². The summed E-state index contributed by atoms with van der Waals surface area (Å²) in [5.74, 6) is -0.963. The van der Waals surface area contributed by atoms with Gasteiger partial charge >= 0.3 is 5.97 Å². The van der Waals surface area contributed by atoms with Gasteiger partial charge in [-0.1, -0.05) is 0 Å². The van der Waals surface area contributed by atoms with Crippen LogP contribution >= 0.6 is 0 Å². The number of hydrogen-bond donors (Lipinski definition) is 2. The molecule has 3 N–H and O–H groups in total. The van der Waals surface area contributed by atoms with Crippen LogP contribution in [0.5, 0.6) is 0 Å². The van der Waals surface area contributed by atoms with E-state index in [2.05, 4.69) is 14.8 Å². The SMILES string of the molecule is COCC(=O)N[C@@H](CN)C(=O)OC. The lowest BCUT2D eigenvalue weighted by molar-refractivity contribution is -0.145. The van der Waals surface area contributed by atoms with Gasteiger partial charge in [0.25, 0.3) is 0 Å². The first-order chi connectivity index (χ1) is 6.15. The Kier molecular flexibility index (Phi) is 5.82. The third-order valence-corrected chi connectivity index (χ3v) is 1.33. The molecule has 0 saturated heterocycles. The summed E-state index contributed by atoms with van der Waals surface area (Å²) in [7, 11) is 2.61. The van der Waals surface area contributed by atoms with E-state index in [0.717, 1.165) is 0 Å². The number of nitrogens with two attached hydrogens (primary N) is 1. The van der Waals surface area contributed by atoms with Crippen molar-refractivity contribution in [2.24, 2.45) is 5.73 Å². The summed E-state index contributed by atoms with van der Waals surface area (Å²) in [5.41, 5.74) is 5.24. The lowest BCUT2D eigenvalue weighted by Gasteiger charge is -2.13. The van der Waals surface area contributed by atoms with Gasteiger partial charge < -0.3 is 20.5 Å². The summed E-state index contributed by atoms with van der Waals surface area (Å²) in [6.45, 7) is -0.102. The topological polar surface area (TPSA) is 90.6 Å². The van der Waals surface area contributed by atoms with Crippen LogP contribution in [0.1, 0.15) is 0 Å². The molecule has 0 aliphatic rings. The number of carbonyl (C=O) groups excluding carboxylic acids is 2. The molecule has 0 fully saturated rings. The maximum absolute atomic E-state index is 10.9. The average molecular weight is 190 g/mol. The van der Waals surface area contributed by atoms with Crippen molar-refractivity contribution in [3.63, 3.8) is 0 Å². The second-order valence-electron chi connectivity index (χ2n) is 2.31. The number of hydrogen-bond acceptors (Lipinski definition) is 5. The molecular formula is C7H14N2O4. The Labute approximate surface area is 76.4 Å². The third kappa shape index (κ3) is 4.44. The number of rotatable bonds is 5. The van der Waals surface area contributed by atoms with E-state index in [9.17, 15) is 9.59 Å². The van der Waals surface area contributed by atoms with Crippen LogP contribution in [0.2, 0.25) is 0 Å². The van der Waals surface area contributed by atoms with Crippen molar-refractivity contribution in [3.8, 4) is 0 Å². The fourth-order valence-electron chi connectivity index (χ4n) is 0.723. The van der Waals surface area contributed by atoms with Gasteiger partial charge in [-0.15, -0.1) is 0 Å². The van der Waals surface area contributed by atoms with Gasteiger partial charge in [-0.25, -0.2) is 4.79 Å². The maximum atomic E-state index is 10.9. The van der Waals surface area contributed by atoms with Gasteiger partial charge in [-0.05, 0) is 0 Å². The molecule has 0 rings (SSSR count). The molecule has 76 valence electrons. The van der Waals surface area contributed by atoms with Crippen LogP contribution in [-0.4, -0.2) is 45.3 Å². The Morgan fingerprint density at radius 2 is 2.08 bits per heavy atom. The second-order valence-corrected chi connectivity index (χ2v) is 2.31. The number of carbonyl (C=O) groups is 2. The largest absolute Gasteiger partial charge is 0.467 e. The number of esters is 1. The molecule has 0 saturated carbocycles. The van der Waals surface area contributed by atoms with Crippen molar-refractivity contribution in [1.29, 1.82) is 0 Å². The monoisotopic (exact) mass is 190 g/mol. The molecule has 1 atom stereocenters. The Bertz CT molecular complexity index is 183. The van der Waals surface area contributed by atoms with Gasteiger partial charge in [-0.2, -0.15) is 0 Å². The fourth-order valence-corrected chi connectivity index (χ4v) is 0.723. The number of amides is 1. The van der Waals surface area contributed by atoms with Crippen LogP contribution in [0.3, 0.4) is 0 Å². The van der Waals surface area contributed by atoms with Gasteiger partial charge in [0.15, 0.2) is 0 Å². The van der Waals surface area contributed by atoms with Crippen molar-refractivity contribution in [1.82, 2.24) is 5.32 Å². The van der Waals surface area contributed by atoms with Crippen molar-refractivity contribution < 1.29 is 19.1 Å². The standard InChI is InChI=1S/C7H14N2O4/c1-12-4-6(10)9-5(3-8)7(11)13-2/h5H,3-4,8H2,1-2H3,(H,9,10)/t5-/m0/s1. The predicted octanol–water partition coefficient (Wildman–Crippen LogP) is -1.75. The van der Waals surface area contributed by atoms with Crippen LogP contribution in [0.4, 0.5) is 0 Å². The number of nitrogens with one attached hydrogen (secondary N) is 1. The smallest absolute Gasteiger partial charge is 0.329 e. The normalized spacial score (nSPS) is 11.9. The Morgan fingerprint density at radius 3 is 2.46 bits per heavy atom. The van der Waals surface area contributed by atoms with Gasteiger partial charge in [-0.3, -0.25) is 4.79 Å². The van der Waals surface area contributed by atoms with E-state index in [1.165, 1.54) is 14.2 Å². The zero-order valence-corrected chi connectivity index (χ0v) is 7.70. The third-order valence-electron chi connectivity index (χ3n) is 1.33. The number of ether oxygens (including phenoxy) is 2. The molecule has 6 nitrogen and oxygen atoms in total. The predicted molar refractivity (Wildman–Crippen MR) is 44.9 cm³/mol. The molecule has 0 aliphatic carbocycles. The van der Waals surface area contributed by atoms with Gasteiger partial charge in [0.2, 0.25) is 5.91 Å². The second kappa shape index (κ2) is 6.38. The summed E-state index contributed by atoms with van der Waals surface area (Å²) in [6.07, 6.45) is 0. The molecule has 1 amide bonds. The van der Waals surface area contributed by atoms with Gasteiger partial charge in [0.05, 0.1) is 7.11 Å². The van der Waals surface area contributed by atoms with Crippen LogP contribution < -0.4 is 11.1 Å². The molecule has 0 spiro atoms. The van der Waals surface area contributed by atoms with Gasteiger partial charge in [0, 0.05) is 13.7 Å². The molecular weight excluding hydrogens is 176 g/mol. The minimum Gasteiger partial charge on any atom is -0.467 e. The van der Waals surface area contributed by atoms with Crippen molar-refractivity contribution in [2.45, 2.75) is 6.04 Å². The molecule has 0 aliphatic heterocycles. The molecule has 0 heterocycles. The van der Waals surface area contributed by atoms with E-state index < -0.39 is 17.9 Å². The first-order valence-corrected chi connectivity index (χ1v) is 3.71. The van der Waals surface area contributed by atoms with E-state index in [4.69, 9.17) is 5.73 Å². The highest BCUT2D eigenvalue weighted by Gasteiger charge is 2.18. The first-order valence-electron chi connectivity index (χ1n) is 3.71. The summed E-state index contributed by atoms with van der Waals surface area (Å²) in [6, 6.07) is -0.798. The lowest BCUT2D eigenvalue weighted by atomic mass is 10.3. The zero-order valence-electron chi connectivity index (χ0n) is 7.70. The van der Waals surface area contributed by atoms with E-state index in [-0.39, 0.29) is 13.2 Å². The Balaban J connectivity index is 3.97. The molecule has 0 radical (unpaired) electrons. The summed E-state index contributed by atoms with van der Waals surface area (Å²) in [5, 5.41) is 2.35. The summed E-state index contributed by atoms with van der Waals surface area (Å²) >= 11 is 0. The lowest BCUT2D eigenvalue weighted by Crippen LogP contribution is -2.47. The van der Waals surface area contributed by atoms with E-state index in [1.54, 1.807) is 0 Å². The first kappa shape index (κ1) is 11.9. The number of methoxy groups -OCH3 is 2. The zero-order chi connectivity index (χ0) is 10.3. The average Bonchev–Trinajstić information content (AvgIpc) is 2.13. The fraction of sp³-hybridized carbons (Fsp3) is 0.714. The molecule has 13 heavy (non-hydrogen) atoms. The highest BCUT2D eigenvalue weighted by molar-refractivity contribution is 5.85. The Morgan fingerprint density at radius 1 is 1.46 bits per heavy atom. The molecule has 0 bridgehead atoms. The molecule has 0 aromatic carbocycles. The molecule has 6 heteroatoms. The minimum absolute atomic E-state index is 0.00211. The van der Waals surface area contributed by atoms with Crippen molar-refractivity contribution in [3.05, 3.63) is 0 Å². The van der Waals surface area contributed by atoms with Crippen LogP contribution in [0.25, 0.3) is 0 Å². The summed E-state index contributed by atoms with van der Waals surface area (Å²) < 4.78 is 8.97. The highest BCUT2D eigenvalue weighted by atomic mass is 16.5. The molecule has 0 aromatic rings. The van der Waals surface area contributed by atoms with Gasteiger partial charge in [0.1, 0.15) is 12.6 Å². The maximum Gasteiger partial charge on any atom is 0.329 e. The van der Waals surface area contributed by atoms with E-state index in [1.807, 2.05) is 0 Å². The van der Waals surface area contributed by atoms with Crippen molar-refractivity contribution >= 4 is 11.9 Å². The molecule has 0 aromatic heterocycles. The van der Waals surface area contributed by atoms with Crippen LogP contribution in [0.15, 0.2) is 0 Å². The van der Waals surface area contributed by atoms with Crippen LogP contribution in [-0.2, 0) is 19.1 Å². The molecule has 0 unspecified atom stereocenters. The van der Waals surface area contributed by atoms with Crippen LogP contribution in [0, 0.1) is 0 Å². The highest BCUT2D eigenvalue weighted by Crippen LogP contribution is 1.85. The van der Waals surface area contributed by atoms with Crippen molar-refractivity contribution in [2.75, 3.05) is 27.4 Å². The summed E-state index contributed by atoms with van der Waals surface area (Å²) in [4.78, 5) is 21.9. The Hall–Kier alpha value is -1.14. The quantitative estimate of drug-likeness (QED) is 0.502. The minimum atomic E-state index is -0.798.